The summed E-state index contributed by atoms with van der Waals surface area (Å²) in [5.41, 5.74) is 0.371. The van der Waals surface area contributed by atoms with Crippen molar-refractivity contribution in [3.05, 3.63) is 48.0 Å². The Morgan fingerprint density at radius 2 is 2.00 bits per heavy atom. The van der Waals surface area contributed by atoms with Crippen LogP contribution in [0.1, 0.15) is 24.7 Å². The van der Waals surface area contributed by atoms with Gasteiger partial charge in [-0.2, -0.15) is 0 Å². The van der Waals surface area contributed by atoms with Gasteiger partial charge in [0.05, 0.1) is 12.7 Å². The third-order valence-corrected chi connectivity index (χ3v) is 3.55. The Bertz CT molecular complexity index is 544. The number of aliphatic hydroxyl groups is 1. The maximum atomic E-state index is 10.5. The number of aromatic nitrogens is 2. The maximum Gasteiger partial charge on any atom is 0.118 e. The van der Waals surface area contributed by atoms with Crippen molar-refractivity contribution in [1.82, 2.24) is 9.55 Å². The first-order valence-corrected chi connectivity index (χ1v) is 6.82. The standard InChI is InChI=1S/C16H22N2O2/c1-16(19,9-8-15-17-10-11-18(15)2)12-13-4-6-14(20-3)7-5-13/h4-7,10-11,19H,8-9,12H2,1-3H3. The molecule has 2 aromatic rings. The molecule has 1 unspecified atom stereocenters. The van der Waals surface area contributed by atoms with Crippen molar-refractivity contribution >= 4 is 0 Å². The van der Waals surface area contributed by atoms with Crippen LogP contribution in [-0.2, 0) is 19.9 Å². The number of ether oxygens (including phenoxy) is 1. The number of hydrogen-bond donors (Lipinski definition) is 1. The van der Waals surface area contributed by atoms with Crippen LogP contribution in [0, 0.1) is 0 Å². The Balaban J connectivity index is 1.94. The highest BCUT2D eigenvalue weighted by molar-refractivity contribution is 5.28. The quantitative estimate of drug-likeness (QED) is 0.879. The van der Waals surface area contributed by atoms with E-state index >= 15 is 0 Å². The zero-order chi connectivity index (χ0) is 14.6. The molecule has 1 aromatic carbocycles. The molecule has 4 nitrogen and oxygen atoms in total. The fourth-order valence-corrected chi connectivity index (χ4v) is 2.29. The van der Waals surface area contributed by atoms with E-state index in [1.54, 1.807) is 13.3 Å². The van der Waals surface area contributed by atoms with Crippen molar-refractivity contribution in [3.63, 3.8) is 0 Å². The monoisotopic (exact) mass is 274 g/mol. The van der Waals surface area contributed by atoms with Crippen LogP contribution in [0.2, 0.25) is 0 Å². The molecule has 0 radical (unpaired) electrons. The number of benzene rings is 1. The smallest absolute Gasteiger partial charge is 0.118 e. The first kappa shape index (κ1) is 14.6. The molecular formula is C16H22N2O2. The summed E-state index contributed by atoms with van der Waals surface area (Å²) in [7, 11) is 3.62. The van der Waals surface area contributed by atoms with Crippen LogP contribution >= 0.6 is 0 Å². The Kier molecular flexibility index (Phi) is 4.45. The second-order valence-corrected chi connectivity index (χ2v) is 5.48. The average molecular weight is 274 g/mol. The molecule has 0 aliphatic heterocycles. The number of nitrogens with zero attached hydrogens (tertiary/aromatic N) is 2. The van der Waals surface area contributed by atoms with Gasteiger partial charge in [-0.05, 0) is 31.0 Å². The van der Waals surface area contributed by atoms with E-state index in [-0.39, 0.29) is 0 Å². The van der Waals surface area contributed by atoms with Gasteiger partial charge in [0.25, 0.3) is 0 Å². The van der Waals surface area contributed by atoms with E-state index in [1.165, 1.54) is 0 Å². The number of hydrogen-bond acceptors (Lipinski definition) is 3. The van der Waals surface area contributed by atoms with E-state index in [9.17, 15) is 5.11 Å². The van der Waals surface area contributed by atoms with E-state index in [1.807, 2.05) is 49.0 Å². The molecule has 1 N–H and O–H groups in total. The van der Waals surface area contributed by atoms with Gasteiger partial charge < -0.3 is 14.4 Å². The van der Waals surface area contributed by atoms with E-state index in [2.05, 4.69) is 4.98 Å². The summed E-state index contributed by atoms with van der Waals surface area (Å²) in [5.74, 6) is 1.83. The van der Waals surface area contributed by atoms with Gasteiger partial charge >= 0.3 is 0 Å². The predicted octanol–water partition coefficient (Wildman–Crippen LogP) is 2.36. The van der Waals surface area contributed by atoms with Crippen molar-refractivity contribution < 1.29 is 9.84 Å². The van der Waals surface area contributed by atoms with Gasteiger partial charge in [-0.1, -0.05) is 12.1 Å². The van der Waals surface area contributed by atoms with Crippen LogP contribution in [-0.4, -0.2) is 27.4 Å². The molecule has 0 aliphatic carbocycles. The Morgan fingerprint density at radius 1 is 1.30 bits per heavy atom. The van der Waals surface area contributed by atoms with Crippen molar-refractivity contribution in [2.24, 2.45) is 7.05 Å². The lowest BCUT2D eigenvalue weighted by molar-refractivity contribution is 0.0509. The highest BCUT2D eigenvalue weighted by atomic mass is 16.5. The summed E-state index contributed by atoms with van der Waals surface area (Å²) in [6.07, 6.45) is 5.79. The molecule has 0 fully saturated rings. The normalized spacial score (nSPS) is 14.0. The lowest BCUT2D eigenvalue weighted by Gasteiger charge is -2.23. The second kappa shape index (κ2) is 6.09. The summed E-state index contributed by atoms with van der Waals surface area (Å²) in [6, 6.07) is 7.83. The zero-order valence-corrected chi connectivity index (χ0v) is 12.3. The third kappa shape index (κ3) is 3.84. The van der Waals surface area contributed by atoms with Gasteiger partial charge in [0.2, 0.25) is 0 Å². The number of aryl methyl sites for hydroxylation is 2. The first-order chi connectivity index (χ1) is 9.50. The Labute approximate surface area is 120 Å². The molecule has 0 aliphatic rings. The molecule has 0 saturated carbocycles. The Hall–Kier alpha value is -1.81. The maximum absolute atomic E-state index is 10.5. The predicted molar refractivity (Wildman–Crippen MR) is 78.9 cm³/mol. The molecule has 0 spiro atoms. The summed E-state index contributed by atoms with van der Waals surface area (Å²) < 4.78 is 7.12. The highest BCUT2D eigenvalue weighted by Crippen LogP contribution is 2.21. The van der Waals surface area contributed by atoms with Crippen molar-refractivity contribution in [2.45, 2.75) is 31.8 Å². The van der Waals surface area contributed by atoms with Gasteiger partial charge in [0.1, 0.15) is 11.6 Å². The molecular weight excluding hydrogens is 252 g/mol. The minimum Gasteiger partial charge on any atom is -0.497 e. The van der Waals surface area contributed by atoms with Crippen LogP contribution in [0.5, 0.6) is 5.75 Å². The minimum atomic E-state index is -0.736. The summed E-state index contributed by atoms with van der Waals surface area (Å²) in [5, 5.41) is 10.5. The molecule has 4 heteroatoms. The third-order valence-electron chi connectivity index (χ3n) is 3.55. The van der Waals surface area contributed by atoms with Crippen LogP contribution < -0.4 is 4.74 Å². The number of methoxy groups -OCH3 is 1. The van der Waals surface area contributed by atoms with Crippen LogP contribution in [0.15, 0.2) is 36.7 Å². The summed E-state index contributed by atoms with van der Waals surface area (Å²) in [6.45, 7) is 1.88. The van der Waals surface area contributed by atoms with Gasteiger partial charge in [0, 0.05) is 32.3 Å². The first-order valence-electron chi connectivity index (χ1n) is 6.82. The van der Waals surface area contributed by atoms with Gasteiger partial charge in [-0.3, -0.25) is 0 Å². The van der Waals surface area contributed by atoms with E-state index in [0.29, 0.717) is 12.8 Å². The van der Waals surface area contributed by atoms with Crippen molar-refractivity contribution in [2.75, 3.05) is 7.11 Å². The molecule has 0 saturated heterocycles. The second-order valence-electron chi connectivity index (χ2n) is 5.48. The summed E-state index contributed by atoms with van der Waals surface area (Å²) >= 11 is 0. The molecule has 1 aromatic heterocycles. The van der Waals surface area contributed by atoms with Gasteiger partial charge in [0.15, 0.2) is 0 Å². The molecule has 1 atom stereocenters. The van der Waals surface area contributed by atoms with Crippen molar-refractivity contribution in [1.29, 1.82) is 0 Å². The minimum absolute atomic E-state index is 0.626. The van der Waals surface area contributed by atoms with Crippen LogP contribution in [0.4, 0.5) is 0 Å². The molecule has 20 heavy (non-hydrogen) atoms. The topological polar surface area (TPSA) is 47.3 Å². The van der Waals surface area contributed by atoms with Crippen molar-refractivity contribution in [3.8, 4) is 5.75 Å². The van der Waals surface area contributed by atoms with E-state index < -0.39 is 5.60 Å². The van der Waals surface area contributed by atoms with Crippen LogP contribution in [0.3, 0.4) is 0 Å². The van der Waals surface area contributed by atoms with Gasteiger partial charge in [-0.25, -0.2) is 4.98 Å². The molecule has 0 amide bonds. The molecule has 108 valence electrons. The van der Waals surface area contributed by atoms with Crippen LogP contribution in [0.25, 0.3) is 0 Å². The number of rotatable bonds is 6. The largest absolute Gasteiger partial charge is 0.497 e. The lowest BCUT2D eigenvalue weighted by Crippen LogP contribution is -2.28. The molecule has 0 bridgehead atoms. The molecule has 1 heterocycles. The lowest BCUT2D eigenvalue weighted by atomic mass is 9.91. The van der Waals surface area contributed by atoms with E-state index in [0.717, 1.165) is 23.6 Å². The average Bonchev–Trinajstić information content (AvgIpc) is 2.83. The van der Waals surface area contributed by atoms with E-state index in [4.69, 9.17) is 4.74 Å². The fourth-order valence-electron chi connectivity index (χ4n) is 2.29. The zero-order valence-electron chi connectivity index (χ0n) is 12.3. The highest BCUT2D eigenvalue weighted by Gasteiger charge is 2.21. The summed E-state index contributed by atoms with van der Waals surface area (Å²) in [4.78, 5) is 4.28. The fraction of sp³-hybridized carbons (Fsp3) is 0.438. The Morgan fingerprint density at radius 3 is 2.55 bits per heavy atom. The van der Waals surface area contributed by atoms with Gasteiger partial charge in [-0.15, -0.1) is 0 Å². The number of imidazole rings is 1. The molecule has 2 rings (SSSR count). The SMILES string of the molecule is COc1ccc(CC(C)(O)CCc2nccn2C)cc1.